The maximum atomic E-state index is 6.43. The fourth-order valence-electron chi connectivity index (χ4n) is 7.65. The summed E-state index contributed by atoms with van der Waals surface area (Å²) >= 11 is 0. The maximum Gasteiger partial charge on any atom is 0.137 e. The quantitative estimate of drug-likeness (QED) is 0.184. The van der Waals surface area contributed by atoms with Crippen LogP contribution in [0.3, 0.4) is 0 Å². The van der Waals surface area contributed by atoms with Crippen LogP contribution in [-0.2, 0) is 0 Å². The van der Waals surface area contributed by atoms with Crippen molar-refractivity contribution in [2.24, 2.45) is 0 Å². The lowest BCUT2D eigenvalue weighted by Gasteiger charge is -2.29. The second kappa shape index (κ2) is 10.6. The number of hydrogen-bond acceptors (Lipinski definition) is 2. The predicted octanol–water partition coefficient (Wildman–Crippen LogP) is 13.3. The molecule has 0 radical (unpaired) electrons. The van der Waals surface area contributed by atoms with E-state index in [9.17, 15) is 0 Å². The molecule has 0 aliphatic rings. The van der Waals surface area contributed by atoms with Gasteiger partial charge in [0.25, 0.3) is 0 Å². The second-order valence-electron chi connectivity index (χ2n) is 12.5. The minimum absolute atomic E-state index is 0.876. The molecule has 10 rings (SSSR count). The highest BCUT2D eigenvalue weighted by Gasteiger charge is 2.23. The van der Waals surface area contributed by atoms with Crippen LogP contribution in [0.4, 0.5) is 17.1 Å². The molecular weight excluding hydrogens is 583 g/mol. The average molecular weight is 612 g/mol. The number of fused-ring (bicyclic) bond motifs is 9. The van der Waals surface area contributed by atoms with E-state index in [0.717, 1.165) is 39.0 Å². The van der Waals surface area contributed by atoms with E-state index in [1.807, 2.05) is 6.07 Å². The van der Waals surface area contributed by atoms with Crippen LogP contribution in [0.5, 0.6) is 0 Å². The highest BCUT2D eigenvalue weighted by Crippen LogP contribution is 2.48. The van der Waals surface area contributed by atoms with E-state index in [1.165, 1.54) is 54.2 Å². The van der Waals surface area contributed by atoms with Gasteiger partial charge in [0, 0.05) is 16.5 Å². The summed E-state index contributed by atoms with van der Waals surface area (Å²) in [7, 11) is 0. The zero-order valence-corrected chi connectivity index (χ0v) is 26.1. The van der Waals surface area contributed by atoms with Crippen molar-refractivity contribution in [1.29, 1.82) is 0 Å². The van der Waals surface area contributed by atoms with Crippen molar-refractivity contribution in [2.75, 3.05) is 4.90 Å². The molecule has 0 unspecified atom stereocenters. The van der Waals surface area contributed by atoms with Gasteiger partial charge >= 0.3 is 0 Å². The molecule has 1 heterocycles. The minimum Gasteiger partial charge on any atom is -0.456 e. The molecule has 2 nitrogen and oxygen atoms in total. The van der Waals surface area contributed by atoms with Crippen molar-refractivity contribution in [1.82, 2.24) is 0 Å². The molecule has 0 amide bonds. The summed E-state index contributed by atoms with van der Waals surface area (Å²) in [5, 5.41) is 12.1. The van der Waals surface area contributed by atoms with Crippen LogP contribution < -0.4 is 4.90 Å². The molecule has 2 heteroatoms. The molecular formula is C46H29NO. The summed E-state index contributed by atoms with van der Waals surface area (Å²) in [5.74, 6) is 0. The number of hydrogen-bond donors (Lipinski definition) is 0. The van der Waals surface area contributed by atoms with E-state index in [4.69, 9.17) is 4.42 Å². The molecule has 0 bridgehead atoms. The molecule has 0 aliphatic heterocycles. The van der Waals surface area contributed by atoms with Gasteiger partial charge in [0.1, 0.15) is 11.2 Å². The van der Waals surface area contributed by atoms with E-state index < -0.39 is 0 Å². The van der Waals surface area contributed by atoms with Crippen molar-refractivity contribution in [3.8, 4) is 11.1 Å². The summed E-state index contributed by atoms with van der Waals surface area (Å²) in [6.07, 6.45) is 0. The Morgan fingerprint density at radius 1 is 0.354 bits per heavy atom. The Morgan fingerprint density at radius 3 is 1.81 bits per heavy atom. The Balaban J connectivity index is 1.30. The summed E-state index contributed by atoms with van der Waals surface area (Å²) in [4.78, 5) is 2.44. The minimum atomic E-state index is 0.876. The van der Waals surface area contributed by atoms with Crippen LogP contribution in [0.2, 0.25) is 0 Å². The van der Waals surface area contributed by atoms with Crippen LogP contribution in [0, 0.1) is 0 Å². The highest BCUT2D eigenvalue weighted by molar-refractivity contribution is 6.25. The molecule has 224 valence electrons. The molecule has 0 saturated carbocycles. The third-order valence-corrected chi connectivity index (χ3v) is 9.82. The monoisotopic (exact) mass is 611 g/mol. The predicted molar refractivity (Wildman–Crippen MR) is 204 cm³/mol. The highest BCUT2D eigenvalue weighted by atomic mass is 16.3. The summed E-state index contributed by atoms with van der Waals surface area (Å²) in [5.41, 5.74) is 7.49. The van der Waals surface area contributed by atoms with Crippen molar-refractivity contribution < 1.29 is 4.42 Å². The normalized spacial score (nSPS) is 11.8. The molecule has 0 N–H and O–H groups in total. The standard InChI is InChI=1S/C46H29NO/c1-4-15-35-30(11-1)14-9-19-36(35)32-23-26-34(27-24-32)47(41-20-10-22-44-46(41)40-18-7-8-21-43(40)48-44)42-29-33-13-3-5-16-37(33)39-28-25-31-12-2-6-17-38(31)45(39)42/h1-29H. The lowest BCUT2D eigenvalue weighted by atomic mass is 9.94. The SMILES string of the molecule is c1ccc2c(-c3ccc(N(c4cccc5oc6ccccc6c45)c4cc5ccccc5c5ccc6ccccc6c45)cc3)cccc2c1. The smallest absolute Gasteiger partial charge is 0.137 e. The average Bonchev–Trinajstić information content (AvgIpc) is 3.54. The van der Waals surface area contributed by atoms with Crippen molar-refractivity contribution in [2.45, 2.75) is 0 Å². The van der Waals surface area contributed by atoms with Gasteiger partial charge in [0.15, 0.2) is 0 Å². The molecule has 0 spiro atoms. The Labute approximate surface area is 277 Å². The number of nitrogens with zero attached hydrogens (tertiary/aromatic N) is 1. The van der Waals surface area contributed by atoms with E-state index in [1.54, 1.807) is 0 Å². The van der Waals surface area contributed by atoms with Gasteiger partial charge in [-0.2, -0.15) is 0 Å². The fraction of sp³-hybridized carbons (Fsp3) is 0. The topological polar surface area (TPSA) is 16.4 Å². The number of para-hydroxylation sites is 1. The summed E-state index contributed by atoms with van der Waals surface area (Å²) < 4.78 is 6.43. The Kier molecular flexibility index (Phi) is 5.91. The number of benzene rings is 9. The van der Waals surface area contributed by atoms with Crippen molar-refractivity contribution in [3.63, 3.8) is 0 Å². The first kappa shape index (κ1) is 26.8. The molecule has 0 aliphatic carbocycles. The molecule has 0 saturated heterocycles. The number of anilines is 3. The van der Waals surface area contributed by atoms with Crippen molar-refractivity contribution >= 4 is 82.1 Å². The van der Waals surface area contributed by atoms with E-state index >= 15 is 0 Å². The van der Waals surface area contributed by atoms with E-state index in [0.29, 0.717) is 0 Å². The van der Waals surface area contributed by atoms with Crippen LogP contribution in [-0.4, -0.2) is 0 Å². The Bertz CT molecular complexity index is 2840. The van der Waals surface area contributed by atoms with Gasteiger partial charge in [-0.1, -0.05) is 140 Å². The van der Waals surface area contributed by atoms with Gasteiger partial charge in [-0.05, 0) is 85.2 Å². The van der Waals surface area contributed by atoms with Gasteiger partial charge in [-0.15, -0.1) is 0 Å². The largest absolute Gasteiger partial charge is 0.456 e. The lowest BCUT2D eigenvalue weighted by molar-refractivity contribution is 0.669. The van der Waals surface area contributed by atoms with Crippen molar-refractivity contribution in [3.05, 3.63) is 176 Å². The maximum absolute atomic E-state index is 6.43. The first-order valence-electron chi connectivity index (χ1n) is 16.4. The van der Waals surface area contributed by atoms with Crippen LogP contribution in [0.25, 0.3) is 76.2 Å². The number of rotatable bonds is 4. The first-order chi connectivity index (χ1) is 23.8. The van der Waals surface area contributed by atoms with Gasteiger partial charge in [-0.3, -0.25) is 0 Å². The second-order valence-corrected chi connectivity index (χ2v) is 12.5. The van der Waals surface area contributed by atoms with Crippen LogP contribution >= 0.6 is 0 Å². The van der Waals surface area contributed by atoms with Gasteiger partial charge in [-0.25, -0.2) is 0 Å². The molecule has 1 aromatic heterocycles. The van der Waals surface area contributed by atoms with E-state index in [2.05, 4.69) is 175 Å². The lowest BCUT2D eigenvalue weighted by Crippen LogP contribution is -2.11. The Morgan fingerprint density at radius 2 is 0.979 bits per heavy atom. The summed E-state index contributed by atoms with van der Waals surface area (Å²) in [6.45, 7) is 0. The first-order valence-corrected chi connectivity index (χ1v) is 16.4. The molecule has 10 aromatic rings. The summed E-state index contributed by atoms with van der Waals surface area (Å²) in [6, 6.07) is 63.4. The molecule has 0 fully saturated rings. The molecule has 48 heavy (non-hydrogen) atoms. The molecule has 9 aromatic carbocycles. The third kappa shape index (κ3) is 4.06. The third-order valence-electron chi connectivity index (χ3n) is 9.82. The zero-order valence-electron chi connectivity index (χ0n) is 26.1. The van der Waals surface area contributed by atoms with Crippen LogP contribution in [0.1, 0.15) is 0 Å². The van der Waals surface area contributed by atoms with Gasteiger partial charge < -0.3 is 9.32 Å². The van der Waals surface area contributed by atoms with Crippen LogP contribution in [0.15, 0.2) is 180 Å². The van der Waals surface area contributed by atoms with Gasteiger partial charge in [0.2, 0.25) is 0 Å². The number of furan rings is 1. The fourth-order valence-corrected chi connectivity index (χ4v) is 7.65. The molecule has 0 atom stereocenters. The Hall–Kier alpha value is -6.38. The zero-order chi connectivity index (χ0) is 31.6. The van der Waals surface area contributed by atoms with E-state index in [-0.39, 0.29) is 0 Å². The van der Waals surface area contributed by atoms with Gasteiger partial charge in [0.05, 0.1) is 16.8 Å².